The molecule has 24 heavy (non-hydrogen) atoms. The summed E-state index contributed by atoms with van der Waals surface area (Å²) in [4.78, 5) is 40.7. The minimum absolute atomic E-state index is 0.103. The Morgan fingerprint density at radius 3 is 2.25 bits per heavy atom. The molecular weight excluding hydrogens is 306 g/mol. The summed E-state index contributed by atoms with van der Waals surface area (Å²) in [6.45, 7) is 3.19. The van der Waals surface area contributed by atoms with Gasteiger partial charge in [-0.15, -0.1) is 0 Å². The number of carbonyl (C=O) groups is 3. The maximum absolute atomic E-state index is 12.9. The molecule has 2 saturated heterocycles. The first kappa shape index (κ1) is 17.2. The van der Waals surface area contributed by atoms with Crippen molar-refractivity contribution in [3.8, 4) is 0 Å². The summed E-state index contributed by atoms with van der Waals surface area (Å²) in [6.07, 6.45) is 9.65. The van der Waals surface area contributed by atoms with Crippen molar-refractivity contribution in [2.45, 2.75) is 70.3 Å². The van der Waals surface area contributed by atoms with Crippen LogP contribution >= 0.6 is 0 Å². The van der Waals surface area contributed by atoms with Crippen LogP contribution in [-0.2, 0) is 9.59 Å². The number of rotatable bonds is 3. The highest BCUT2D eigenvalue weighted by molar-refractivity contribution is 6.09. The van der Waals surface area contributed by atoms with Crippen LogP contribution in [0.4, 0.5) is 4.79 Å². The van der Waals surface area contributed by atoms with Gasteiger partial charge >= 0.3 is 6.03 Å². The molecule has 0 aromatic heterocycles. The number of amides is 4. The van der Waals surface area contributed by atoms with Crippen molar-refractivity contribution in [2.75, 3.05) is 19.6 Å². The van der Waals surface area contributed by atoms with Crippen LogP contribution in [0.2, 0.25) is 0 Å². The predicted molar refractivity (Wildman–Crippen MR) is 90.3 cm³/mol. The fourth-order valence-electron chi connectivity index (χ4n) is 4.37. The largest absolute Gasteiger partial charge is 0.341 e. The number of likely N-dealkylation sites (tertiary alicyclic amines) is 1. The third kappa shape index (κ3) is 3.28. The molecule has 0 radical (unpaired) electrons. The summed E-state index contributed by atoms with van der Waals surface area (Å²) in [5.74, 6) is -0.142. The number of imide groups is 1. The Bertz CT molecular complexity index is 508. The summed E-state index contributed by atoms with van der Waals surface area (Å²) >= 11 is 0. The van der Waals surface area contributed by atoms with Crippen molar-refractivity contribution in [1.29, 1.82) is 0 Å². The van der Waals surface area contributed by atoms with E-state index in [1.165, 1.54) is 6.42 Å². The number of hydrogen-bond donors (Lipinski definition) is 1. The lowest BCUT2D eigenvalue weighted by Gasteiger charge is -2.34. The van der Waals surface area contributed by atoms with Crippen molar-refractivity contribution in [3.63, 3.8) is 0 Å². The van der Waals surface area contributed by atoms with Gasteiger partial charge in [0.25, 0.3) is 5.91 Å². The van der Waals surface area contributed by atoms with Crippen molar-refractivity contribution in [2.24, 2.45) is 5.92 Å². The SMILES string of the molecule is C[C@@]1(C2CCCCC2)NC(=O)N(CC(=O)N2CCCCCC2)C1=O. The quantitative estimate of drug-likeness (QED) is 0.805. The van der Waals surface area contributed by atoms with Crippen LogP contribution in [0.25, 0.3) is 0 Å². The van der Waals surface area contributed by atoms with Crippen LogP contribution in [0.15, 0.2) is 0 Å². The van der Waals surface area contributed by atoms with Gasteiger partial charge in [0.15, 0.2) is 0 Å². The van der Waals surface area contributed by atoms with Crippen molar-refractivity contribution >= 4 is 17.8 Å². The highest BCUT2D eigenvalue weighted by Gasteiger charge is 2.52. The lowest BCUT2D eigenvalue weighted by Crippen LogP contribution is -2.51. The predicted octanol–water partition coefficient (Wildman–Crippen LogP) is 2.28. The van der Waals surface area contributed by atoms with E-state index < -0.39 is 11.6 Å². The van der Waals surface area contributed by atoms with Gasteiger partial charge < -0.3 is 10.2 Å². The normalized spacial score (nSPS) is 29.5. The molecule has 0 unspecified atom stereocenters. The Balaban J connectivity index is 1.66. The zero-order chi connectivity index (χ0) is 17.2. The first-order valence-electron chi connectivity index (χ1n) is 9.44. The van der Waals surface area contributed by atoms with Gasteiger partial charge in [0.2, 0.25) is 5.91 Å². The molecule has 6 nitrogen and oxygen atoms in total. The number of hydrogen-bond acceptors (Lipinski definition) is 3. The van der Waals surface area contributed by atoms with E-state index in [1.807, 2.05) is 11.8 Å². The Morgan fingerprint density at radius 1 is 1.04 bits per heavy atom. The maximum atomic E-state index is 12.9. The third-order valence-electron chi connectivity index (χ3n) is 5.97. The maximum Gasteiger partial charge on any atom is 0.325 e. The summed E-state index contributed by atoms with van der Waals surface area (Å²) in [5.41, 5.74) is -0.837. The molecule has 1 N–H and O–H groups in total. The summed E-state index contributed by atoms with van der Waals surface area (Å²) in [7, 11) is 0. The van der Waals surface area contributed by atoms with Crippen molar-refractivity contribution in [3.05, 3.63) is 0 Å². The molecular formula is C18H29N3O3. The highest BCUT2D eigenvalue weighted by Crippen LogP contribution is 2.36. The topological polar surface area (TPSA) is 69.7 Å². The first-order chi connectivity index (χ1) is 11.5. The molecule has 1 saturated carbocycles. The van der Waals surface area contributed by atoms with Crippen molar-refractivity contribution in [1.82, 2.24) is 15.1 Å². The van der Waals surface area contributed by atoms with Crippen LogP contribution in [0.5, 0.6) is 0 Å². The molecule has 2 heterocycles. The van der Waals surface area contributed by atoms with Crippen LogP contribution in [-0.4, -0.2) is 52.8 Å². The molecule has 6 heteroatoms. The minimum Gasteiger partial charge on any atom is -0.341 e. The highest BCUT2D eigenvalue weighted by atomic mass is 16.2. The molecule has 4 amide bonds. The second kappa shape index (κ2) is 7.11. The van der Waals surface area contributed by atoms with Crippen LogP contribution < -0.4 is 5.32 Å². The van der Waals surface area contributed by atoms with Crippen LogP contribution in [0.3, 0.4) is 0 Å². The van der Waals surface area contributed by atoms with E-state index in [9.17, 15) is 14.4 Å². The molecule has 1 aliphatic carbocycles. The van der Waals surface area contributed by atoms with Crippen molar-refractivity contribution < 1.29 is 14.4 Å². The van der Waals surface area contributed by atoms with E-state index >= 15 is 0 Å². The second-order valence-electron chi connectivity index (χ2n) is 7.65. The number of urea groups is 1. The van der Waals surface area contributed by atoms with Gasteiger partial charge in [-0.3, -0.25) is 14.5 Å². The Hall–Kier alpha value is -1.59. The van der Waals surface area contributed by atoms with E-state index in [4.69, 9.17) is 0 Å². The standard InChI is InChI=1S/C18H29N3O3/c1-18(14-9-5-4-6-10-14)16(23)21(17(24)19-18)13-15(22)20-11-7-2-3-8-12-20/h14H,2-13H2,1H3,(H,19,24)/t18-/m0/s1. The van der Waals surface area contributed by atoms with Gasteiger partial charge in [-0.05, 0) is 38.5 Å². The van der Waals surface area contributed by atoms with Gasteiger partial charge in [-0.1, -0.05) is 32.1 Å². The Morgan fingerprint density at radius 2 is 1.62 bits per heavy atom. The molecule has 3 fully saturated rings. The molecule has 0 aromatic rings. The van der Waals surface area contributed by atoms with Gasteiger partial charge in [-0.25, -0.2) is 4.79 Å². The lowest BCUT2D eigenvalue weighted by molar-refractivity contribution is -0.139. The molecule has 2 aliphatic heterocycles. The molecule has 134 valence electrons. The fraction of sp³-hybridized carbons (Fsp3) is 0.833. The second-order valence-corrected chi connectivity index (χ2v) is 7.65. The zero-order valence-electron chi connectivity index (χ0n) is 14.7. The minimum atomic E-state index is -0.837. The first-order valence-corrected chi connectivity index (χ1v) is 9.44. The molecule has 1 atom stereocenters. The molecule has 0 aromatic carbocycles. The van der Waals surface area contributed by atoms with Gasteiger partial charge in [0.05, 0.1) is 0 Å². The van der Waals surface area contributed by atoms with E-state index in [1.54, 1.807) is 0 Å². The zero-order valence-corrected chi connectivity index (χ0v) is 14.7. The molecule has 0 spiro atoms. The fourth-order valence-corrected chi connectivity index (χ4v) is 4.37. The van der Waals surface area contributed by atoms with Gasteiger partial charge in [-0.2, -0.15) is 0 Å². The Labute approximate surface area is 143 Å². The van der Waals surface area contributed by atoms with Crippen LogP contribution in [0, 0.1) is 5.92 Å². The van der Waals surface area contributed by atoms with E-state index in [2.05, 4.69) is 5.32 Å². The van der Waals surface area contributed by atoms with E-state index in [0.29, 0.717) is 0 Å². The average Bonchev–Trinajstić information content (AvgIpc) is 2.81. The monoisotopic (exact) mass is 335 g/mol. The Kier molecular flexibility index (Phi) is 5.11. The molecule has 3 aliphatic rings. The summed E-state index contributed by atoms with van der Waals surface area (Å²) < 4.78 is 0. The number of nitrogens with zero attached hydrogens (tertiary/aromatic N) is 2. The molecule has 0 bridgehead atoms. The number of carbonyl (C=O) groups excluding carboxylic acids is 3. The van der Waals surface area contributed by atoms with E-state index in [0.717, 1.165) is 69.4 Å². The molecule has 3 rings (SSSR count). The number of nitrogens with one attached hydrogen (secondary N) is 1. The van der Waals surface area contributed by atoms with Crippen LogP contribution in [0.1, 0.15) is 64.7 Å². The average molecular weight is 335 g/mol. The third-order valence-corrected chi connectivity index (χ3v) is 5.97. The summed E-state index contributed by atoms with van der Waals surface area (Å²) in [6, 6.07) is -0.406. The van der Waals surface area contributed by atoms with Gasteiger partial charge in [0.1, 0.15) is 12.1 Å². The summed E-state index contributed by atoms with van der Waals surface area (Å²) in [5, 5.41) is 2.89. The smallest absolute Gasteiger partial charge is 0.325 e. The van der Waals surface area contributed by atoms with Gasteiger partial charge in [0, 0.05) is 13.1 Å². The van der Waals surface area contributed by atoms with E-state index in [-0.39, 0.29) is 24.3 Å². The lowest BCUT2D eigenvalue weighted by atomic mass is 9.75.